The highest BCUT2D eigenvalue weighted by atomic mass is 16.5. The maximum Gasteiger partial charge on any atom is 0.0616 e. The zero-order valence-electron chi connectivity index (χ0n) is 13.1. The molecule has 19 heavy (non-hydrogen) atoms. The Morgan fingerprint density at radius 2 is 2.16 bits per heavy atom. The van der Waals surface area contributed by atoms with Crippen LogP contribution in [0, 0.1) is 5.92 Å². The van der Waals surface area contributed by atoms with Gasteiger partial charge in [0.1, 0.15) is 0 Å². The second-order valence-corrected chi connectivity index (χ2v) is 6.09. The number of nitrogens with one attached hydrogen (secondary N) is 1. The van der Waals surface area contributed by atoms with Gasteiger partial charge in [-0.15, -0.1) is 0 Å². The molecule has 1 fully saturated rings. The highest BCUT2D eigenvalue weighted by Crippen LogP contribution is 2.37. The smallest absolute Gasteiger partial charge is 0.0616 e. The van der Waals surface area contributed by atoms with Gasteiger partial charge in [0.05, 0.1) is 12.7 Å². The van der Waals surface area contributed by atoms with Gasteiger partial charge in [-0.2, -0.15) is 0 Å². The van der Waals surface area contributed by atoms with Gasteiger partial charge in [-0.1, -0.05) is 26.7 Å². The molecule has 1 aliphatic carbocycles. The Kier molecular flexibility index (Phi) is 7.96. The van der Waals surface area contributed by atoms with E-state index in [-0.39, 0.29) is 12.1 Å². The summed E-state index contributed by atoms with van der Waals surface area (Å²) < 4.78 is 5.88. The molecule has 3 nitrogen and oxygen atoms in total. The van der Waals surface area contributed by atoms with Crippen molar-refractivity contribution in [2.75, 3.05) is 19.8 Å². The Hall–Kier alpha value is -0.120. The highest BCUT2D eigenvalue weighted by Gasteiger charge is 2.41. The lowest BCUT2D eigenvalue weighted by atomic mass is 9.85. The van der Waals surface area contributed by atoms with Crippen LogP contribution >= 0.6 is 0 Å². The number of aliphatic hydroxyl groups is 1. The van der Waals surface area contributed by atoms with Crippen molar-refractivity contribution in [1.29, 1.82) is 0 Å². The fourth-order valence-electron chi connectivity index (χ4n) is 3.34. The van der Waals surface area contributed by atoms with E-state index in [2.05, 4.69) is 26.1 Å². The summed E-state index contributed by atoms with van der Waals surface area (Å²) in [7, 11) is 0. The van der Waals surface area contributed by atoms with Gasteiger partial charge in [-0.05, 0) is 51.5 Å². The molecule has 0 saturated heterocycles. The predicted octanol–water partition coefficient (Wildman–Crippen LogP) is 3.11. The van der Waals surface area contributed by atoms with Crippen LogP contribution in [0.5, 0.6) is 0 Å². The molecule has 0 bridgehead atoms. The topological polar surface area (TPSA) is 41.5 Å². The molecule has 3 atom stereocenters. The molecule has 1 saturated carbocycles. The Labute approximate surface area is 119 Å². The van der Waals surface area contributed by atoms with Gasteiger partial charge >= 0.3 is 0 Å². The van der Waals surface area contributed by atoms with Crippen molar-refractivity contribution in [2.45, 2.75) is 77.4 Å². The van der Waals surface area contributed by atoms with E-state index in [0.717, 1.165) is 38.8 Å². The van der Waals surface area contributed by atoms with Crippen LogP contribution in [0.15, 0.2) is 0 Å². The van der Waals surface area contributed by atoms with Gasteiger partial charge in [0, 0.05) is 12.1 Å². The van der Waals surface area contributed by atoms with E-state index < -0.39 is 0 Å². The Morgan fingerprint density at radius 3 is 2.79 bits per heavy atom. The van der Waals surface area contributed by atoms with E-state index in [0.29, 0.717) is 12.0 Å². The van der Waals surface area contributed by atoms with Crippen LogP contribution in [0.2, 0.25) is 0 Å². The second-order valence-electron chi connectivity index (χ2n) is 6.09. The first-order valence-electron chi connectivity index (χ1n) is 8.16. The molecule has 0 aromatic carbocycles. The fourth-order valence-corrected chi connectivity index (χ4v) is 3.34. The van der Waals surface area contributed by atoms with Crippen LogP contribution in [-0.4, -0.2) is 36.5 Å². The number of ether oxygens (including phenoxy) is 1. The molecule has 1 rings (SSSR count). The molecule has 1 aliphatic rings. The van der Waals surface area contributed by atoms with E-state index in [1.807, 2.05) is 0 Å². The van der Waals surface area contributed by atoms with E-state index in [4.69, 9.17) is 4.74 Å². The van der Waals surface area contributed by atoms with Crippen molar-refractivity contribution >= 4 is 0 Å². The van der Waals surface area contributed by atoms with Crippen molar-refractivity contribution in [1.82, 2.24) is 5.32 Å². The van der Waals surface area contributed by atoms with Crippen LogP contribution in [0.3, 0.4) is 0 Å². The van der Waals surface area contributed by atoms with Crippen LogP contribution in [0.4, 0.5) is 0 Å². The molecular formula is C16H33NO2. The molecule has 114 valence electrons. The Bertz CT molecular complexity index is 235. The summed E-state index contributed by atoms with van der Waals surface area (Å²) in [4.78, 5) is 0. The summed E-state index contributed by atoms with van der Waals surface area (Å²) in [6.45, 7) is 8.64. The average molecular weight is 271 g/mol. The normalized spacial score (nSPS) is 28.7. The maximum atomic E-state index is 9.80. The summed E-state index contributed by atoms with van der Waals surface area (Å²) >= 11 is 0. The lowest BCUT2D eigenvalue weighted by Gasteiger charge is -2.35. The number of hydrogen-bond donors (Lipinski definition) is 2. The van der Waals surface area contributed by atoms with Crippen LogP contribution < -0.4 is 5.32 Å². The molecule has 0 aromatic heterocycles. The first-order chi connectivity index (χ1) is 9.18. The zero-order valence-corrected chi connectivity index (χ0v) is 13.1. The highest BCUT2D eigenvalue weighted by molar-refractivity contribution is 4.98. The molecule has 0 amide bonds. The first kappa shape index (κ1) is 16.9. The summed E-state index contributed by atoms with van der Waals surface area (Å²) in [5.41, 5.74) is -0.0344. The summed E-state index contributed by atoms with van der Waals surface area (Å²) in [6.07, 6.45) is 8.46. The Morgan fingerprint density at radius 1 is 1.37 bits per heavy atom. The van der Waals surface area contributed by atoms with Gasteiger partial charge in [0.25, 0.3) is 0 Å². The third-order valence-corrected chi connectivity index (χ3v) is 4.53. The maximum absolute atomic E-state index is 9.80. The third kappa shape index (κ3) is 5.05. The van der Waals surface area contributed by atoms with Crippen molar-refractivity contribution in [3.8, 4) is 0 Å². The molecular weight excluding hydrogens is 238 g/mol. The summed E-state index contributed by atoms with van der Waals surface area (Å²) in [5.74, 6) is 0.567. The minimum absolute atomic E-state index is 0.0344. The third-order valence-electron chi connectivity index (χ3n) is 4.53. The Balaban J connectivity index is 2.37. The standard InChI is InChI=1S/C16H33NO2/c1-4-7-14(3)19-12-9-15-8-6-10-16(15,13-18)17-11-5-2/h14-15,17-18H,4-13H2,1-3H3. The second kappa shape index (κ2) is 8.93. The summed E-state index contributed by atoms with van der Waals surface area (Å²) in [5, 5.41) is 13.4. The van der Waals surface area contributed by atoms with E-state index >= 15 is 0 Å². The SMILES string of the molecule is CCCNC1(CO)CCCC1CCOC(C)CCC. The summed E-state index contributed by atoms with van der Waals surface area (Å²) in [6, 6.07) is 0. The minimum Gasteiger partial charge on any atom is -0.394 e. The molecule has 3 unspecified atom stereocenters. The fraction of sp³-hybridized carbons (Fsp3) is 1.00. The van der Waals surface area contributed by atoms with Crippen molar-refractivity contribution < 1.29 is 9.84 Å². The average Bonchev–Trinajstić information content (AvgIpc) is 2.80. The van der Waals surface area contributed by atoms with Gasteiger partial charge in [-0.3, -0.25) is 0 Å². The van der Waals surface area contributed by atoms with Crippen LogP contribution in [-0.2, 0) is 4.74 Å². The molecule has 3 heteroatoms. The molecule has 0 heterocycles. The van der Waals surface area contributed by atoms with Crippen molar-refractivity contribution in [2.24, 2.45) is 5.92 Å². The lowest BCUT2D eigenvalue weighted by molar-refractivity contribution is 0.0358. The molecule has 0 aromatic rings. The van der Waals surface area contributed by atoms with Crippen molar-refractivity contribution in [3.63, 3.8) is 0 Å². The van der Waals surface area contributed by atoms with Gasteiger partial charge < -0.3 is 15.2 Å². The molecule has 2 N–H and O–H groups in total. The lowest BCUT2D eigenvalue weighted by Crippen LogP contribution is -2.52. The quantitative estimate of drug-likeness (QED) is 0.641. The molecule has 0 radical (unpaired) electrons. The minimum atomic E-state index is -0.0344. The van der Waals surface area contributed by atoms with E-state index in [1.54, 1.807) is 0 Å². The van der Waals surface area contributed by atoms with E-state index in [1.165, 1.54) is 19.3 Å². The molecule has 0 spiro atoms. The van der Waals surface area contributed by atoms with Gasteiger partial charge in [0.15, 0.2) is 0 Å². The van der Waals surface area contributed by atoms with Gasteiger partial charge in [-0.25, -0.2) is 0 Å². The first-order valence-corrected chi connectivity index (χ1v) is 8.16. The number of aliphatic hydroxyl groups excluding tert-OH is 1. The van der Waals surface area contributed by atoms with Crippen molar-refractivity contribution in [3.05, 3.63) is 0 Å². The number of rotatable bonds is 10. The number of hydrogen-bond acceptors (Lipinski definition) is 3. The monoisotopic (exact) mass is 271 g/mol. The van der Waals surface area contributed by atoms with E-state index in [9.17, 15) is 5.11 Å². The predicted molar refractivity (Wildman–Crippen MR) is 80.4 cm³/mol. The molecule has 0 aliphatic heterocycles. The largest absolute Gasteiger partial charge is 0.394 e. The van der Waals surface area contributed by atoms with Gasteiger partial charge in [0.2, 0.25) is 0 Å². The van der Waals surface area contributed by atoms with Crippen LogP contribution in [0.1, 0.15) is 65.7 Å². The zero-order chi connectivity index (χ0) is 14.1. The van der Waals surface area contributed by atoms with Crippen LogP contribution in [0.25, 0.3) is 0 Å².